The van der Waals surface area contributed by atoms with Gasteiger partial charge in [0.15, 0.2) is 0 Å². The van der Waals surface area contributed by atoms with Crippen molar-refractivity contribution in [1.29, 1.82) is 0 Å². The van der Waals surface area contributed by atoms with Crippen molar-refractivity contribution in [2.75, 3.05) is 13.7 Å². The van der Waals surface area contributed by atoms with Crippen LogP contribution in [0.25, 0.3) is 0 Å². The van der Waals surface area contributed by atoms with Gasteiger partial charge in [0.05, 0.1) is 18.8 Å². The molecule has 1 saturated heterocycles. The van der Waals surface area contributed by atoms with E-state index in [1.165, 1.54) is 0 Å². The molecule has 0 aliphatic carbocycles. The second kappa shape index (κ2) is 7.36. The molecular weight excluding hydrogens is 409 g/mol. The molecule has 3 radical (unpaired) electrons. The standard InChI is InChI=1S/C12H22BO4.Os/c1-7-9(14)10(11(13)17-7)16-6-8(15-5)12(2,3)4;/h7-11,14H,1,6H2,2-5H3;/q-1;+1/t7-,8-,9?,10?,11-;/m1./s1. The second-order valence-electron chi connectivity index (χ2n) is 5.52. The first-order valence-electron chi connectivity index (χ1n) is 5.84. The quantitative estimate of drug-likeness (QED) is 0.521. The summed E-state index contributed by atoms with van der Waals surface area (Å²) in [4.78, 5) is 0. The summed E-state index contributed by atoms with van der Waals surface area (Å²) in [7, 11) is 7.35. The number of aliphatic hydroxyl groups is 1. The molecule has 4 nitrogen and oxygen atoms in total. The molecule has 105 valence electrons. The van der Waals surface area contributed by atoms with Crippen LogP contribution in [0.1, 0.15) is 20.8 Å². The van der Waals surface area contributed by atoms with Crippen LogP contribution in [-0.4, -0.2) is 57.1 Å². The Labute approximate surface area is 124 Å². The number of rotatable bonds is 4. The summed E-state index contributed by atoms with van der Waals surface area (Å²) in [6.07, 6.45) is -1.93. The van der Waals surface area contributed by atoms with E-state index in [9.17, 15) is 5.11 Å². The van der Waals surface area contributed by atoms with Crippen molar-refractivity contribution in [3.05, 3.63) is 6.92 Å². The molecule has 1 fully saturated rings. The van der Waals surface area contributed by atoms with Crippen molar-refractivity contribution in [3.8, 4) is 0 Å². The Hall–Kier alpha value is 0.541. The van der Waals surface area contributed by atoms with Crippen molar-refractivity contribution < 1.29 is 39.1 Å². The summed E-state index contributed by atoms with van der Waals surface area (Å²) < 4.78 is 16.2. The van der Waals surface area contributed by atoms with Gasteiger partial charge in [-0.15, -0.1) is 0 Å². The SMILES string of the molecule is [B][C@@H]1O[C@H]([CH2-])C(O)C1OC[C@@H](OC)C(C)(C)C.[Os+]. The minimum atomic E-state index is -0.789. The number of hydrogen-bond acceptors (Lipinski definition) is 4. The zero-order valence-corrected chi connectivity index (χ0v) is 13.9. The molecule has 5 atom stereocenters. The van der Waals surface area contributed by atoms with Gasteiger partial charge in [0, 0.05) is 13.1 Å². The van der Waals surface area contributed by atoms with Gasteiger partial charge in [0.25, 0.3) is 0 Å². The maximum absolute atomic E-state index is 9.78. The summed E-state index contributed by atoms with van der Waals surface area (Å²) in [5.74, 6) is 0. The Morgan fingerprint density at radius 1 is 1.44 bits per heavy atom. The van der Waals surface area contributed by atoms with E-state index in [1.54, 1.807) is 7.11 Å². The van der Waals surface area contributed by atoms with Gasteiger partial charge < -0.3 is 26.2 Å². The Morgan fingerprint density at radius 2 is 2.00 bits per heavy atom. The second-order valence-corrected chi connectivity index (χ2v) is 5.52. The number of hydrogen-bond donors (Lipinski definition) is 1. The third-order valence-corrected chi connectivity index (χ3v) is 3.06. The molecular formula is C12H22BO4Os. The van der Waals surface area contributed by atoms with E-state index in [2.05, 4.69) is 27.7 Å². The van der Waals surface area contributed by atoms with E-state index in [0.29, 0.717) is 6.61 Å². The predicted octanol–water partition coefficient (Wildman–Crippen LogP) is 0.519. The van der Waals surface area contributed by atoms with E-state index < -0.39 is 24.3 Å². The van der Waals surface area contributed by atoms with E-state index in [-0.39, 0.29) is 31.3 Å². The van der Waals surface area contributed by atoms with Gasteiger partial charge in [-0.2, -0.15) is 0 Å². The Morgan fingerprint density at radius 3 is 2.33 bits per heavy atom. The summed E-state index contributed by atoms with van der Waals surface area (Å²) in [6.45, 7) is 10.2. The largest absolute Gasteiger partial charge is 1.00 e. The third kappa shape index (κ3) is 4.58. The Bertz CT molecular complexity index is 247. The van der Waals surface area contributed by atoms with Crippen LogP contribution in [0.3, 0.4) is 0 Å². The monoisotopic (exact) mass is 433 g/mol. The molecule has 1 aliphatic heterocycles. The summed E-state index contributed by atoms with van der Waals surface area (Å²) in [5.41, 5.74) is -0.0346. The predicted molar refractivity (Wildman–Crippen MR) is 65.8 cm³/mol. The molecule has 1 heterocycles. The zero-order valence-electron chi connectivity index (χ0n) is 11.4. The van der Waals surface area contributed by atoms with Crippen LogP contribution in [0.5, 0.6) is 0 Å². The van der Waals surface area contributed by atoms with Crippen LogP contribution in [-0.2, 0) is 34.0 Å². The number of methoxy groups -OCH3 is 1. The fourth-order valence-corrected chi connectivity index (χ4v) is 1.83. The van der Waals surface area contributed by atoms with Crippen LogP contribution >= 0.6 is 0 Å². The third-order valence-electron chi connectivity index (χ3n) is 3.06. The van der Waals surface area contributed by atoms with Crippen molar-refractivity contribution >= 4 is 7.85 Å². The fraction of sp³-hybridized carbons (Fsp3) is 0.917. The molecule has 0 aromatic heterocycles. The summed E-state index contributed by atoms with van der Waals surface area (Å²) in [6, 6.07) is -0.634. The van der Waals surface area contributed by atoms with Crippen LogP contribution < -0.4 is 0 Å². The van der Waals surface area contributed by atoms with Crippen molar-refractivity contribution in [2.24, 2.45) is 5.41 Å². The molecule has 18 heavy (non-hydrogen) atoms. The van der Waals surface area contributed by atoms with Gasteiger partial charge in [-0.05, 0) is 11.5 Å². The Balaban J connectivity index is 0.00000289. The molecule has 0 spiro atoms. The topological polar surface area (TPSA) is 47.9 Å². The first-order chi connectivity index (χ1) is 7.77. The van der Waals surface area contributed by atoms with E-state index in [0.717, 1.165) is 0 Å². The van der Waals surface area contributed by atoms with Crippen LogP contribution in [0, 0.1) is 12.3 Å². The molecule has 6 heteroatoms. The molecule has 1 N–H and O–H groups in total. The fourth-order valence-electron chi connectivity index (χ4n) is 1.83. The minimum absolute atomic E-state index is 0. The molecule has 0 bridgehead atoms. The number of aliphatic hydroxyl groups excluding tert-OH is 1. The van der Waals surface area contributed by atoms with Crippen molar-refractivity contribution in [3.63, 3.8) is 0 Å². The van der Waals surface area contributed by atoms with Gasteiger partial charge in [-0.1, -0.05) is 20.8 Å². The van der Waals surface area contributed by atoms with Gasteiger partial charge in [-0.3, -0.25) is 0 Å². The van der Waals surface area contributed by atoms with Gasteiger partial charge in [0.2, 0.25) is 0 Å². The molecule has 0 amide bonds. The van der Waals surface area contributed by atoms with Crippen LogP contribution in [0.15, 0.2) is 0 Å². The van der Waals surface area contributed by atoms with Crippen LogP contribution in [0.4, 0.5) is 0 Å². The van der Waals surface area contributed by atoms with E-state index in [4.69, 9.17) is 22.1 Å². The van der Waals surface area contributed by atoms with Gasteiger partial charge >= 0.3 is 19.8 Å². The first kappa shape index (κ1) is 18.5. The summed E-state index contributed by atoms with van der Waals surface area (Å²) >= 11 is 0. The average Bonchev–Trinajstić information content (AvgIpc) is 2.43. The molecule has 0 aromatic carbocycles. The van der Waals surface area contributed by atoms with Crippen molar-refractivity contribution in [1.82, 2.24) is 0 Å². The van der Waals surface area contributed by atoms with Gasteiger partial charge in [-0.25, -0.2) is 0 Å². The van der Waals surface area contributed by atoms with Gasteiger partial charge in [0.1, 0.15) is 14.0 Å². The van der Waals surface area contributed by atoms with Crippen molar-refractivity contribution in [2.45, 2.75) is 51.2 Å². The first-order valence-corrected chi connectivity index (χ1v) is 5.84. The van der Waals surface area contributed by atoms with E-state index in [1.807, 2.05) is 0 Å². The molecule has 1 rings (SSSR count). The normalized spacial score (nSPS) is 34.1. The average molecular weight is 431 g/mol. The maximum Gasteiger partial charge on any atom is 1.00 e. The summed E-state index contributed by atoms with van der Waals surface area (Å²) in [5, 5.41) is 9.78. The smallest absolute Gasteiger partial charge is 0.411 e. The Kier molecular flexibility index (Phi) is 7.58. The van der Waals surface area contributed by atoms with Crippen LogP contribution in [0.2, 0.25) is 0 Å². The number of ether oxygens (including phenoxy) is 3. The molecule has 0 aromatic rings. The zero-order chi connectivity index (χ0) is 13.2. The molecule has 1 aliphatic rings. The minimum Gasteiger partial charge on any atom is -0.411 e. The van der Waals surface area contributed by atoms with E-state index >= 15 is 0 Å². The molecule has 0 saturated carbocycles. The molecule has 2 unspecified atom stereocenters. The maximum atomic E-state index is 9.78.